The molecule has 0 radical (unpaired) electrons. The molecule has 1 N–H and O–H groups in total. The lowest BCUT2D eigenvalue weighted by atomic mass is 10.2. The van der Waals surface area contributed by atoms with Gasteiger partial charge in [0.2, 0.25) is 0 Å². The van der Waals surface area contributed by atoms with E-state index in [1.807, 2.05) is 28.8 Å². The lowest BCUT2D eigenvalue weighted by molar-refractivity contribution is 0.0680. The van der Waals surface area contributed by atoms with E-state index in [-0.39, 0.29) is 6.10 Å². The van der Waals surface area contributed by atoms with Gasteiger partial charge in [0.25, 0.3) is 0 Å². The van der Waals surface area contributed by atoms with Crippen LogP contribution in [0.1, 0.15) is 19.8 Å². The minimum Gasteiger partial charge on any atom is -0.491 e. The summed E-state index contributed by atoms with van der Waals surface area (Å²) in [5, 5.41) is 3.31. The highest BCUT2D eigenvalue weighted by atomic mass is 16.5. The standard InChI is InChI=1S/C18H21N5O2/c1-2-23-12-21-16-17(19-11-20-18(16)23)22-13-5-3-6-14(9-13)25-10-15-7-4-8-24-15/h3,5-6,9,11-12,15H,2,4,7-8,10H2,1H3,(H,19,20,22). The van der Waals surface area contributed by atoms with Gasteiger partial charge >= 0.3 is 0 Å². The third-order valence-corrected chi connectivity index (χ3v) is 4.30. The first-order valence-electron chi connectivity index (χ1n) is 8.61. The van der Waals surface area contributed by atoms with E-state index in [1.54, 1.807) is 12.7 Å². The van der Waals surface area contributed by atoms with Crippen LogP contribution in [0.4, 0.5) is 11.5 Å². The van der Waals surface area contributed by atoms with Crippen LogP contribution in [0.5, 0.6) is 5.75 Å². The number of nitrogens with zero attached hydrogens (tertiary/aromatic N) is 4. The molecule has 7 heteroatoms. The highest BCUT2D eigenvalue weighted by Crippen LogP contribution is 2.25. The molecule has 25 heavy (non-hydrogen) atoms. The number of anilines is 2. The number of hydrogen-bond acceptors (Lipinski definition) is 6. The van der Waals surface area contributed by atoms with Crippen molar-refractivity contribution in [3.05, 3.63) is 36.9 Å². The lowest BCUT2D eigenvalue weighted by Crippen LogP contribution is -2.16. The van der Waals surface area contributed by atoms with E-state index in [2.05, 4.69) is 27.2 Å². The maximum Gasteiger partial charge on any atom is 0.165 e. The molecule has 0 spiro atoms. The normalized spacial score (nSPS) is 17.1. The molecule has 1 saturated heterocycles. The summed E-state index contributed by atoms with van der Waals surface area (Å²) >= 11 is 0. The van der Waals surface area contributed by atoms with E-state index in [1.165, 1.54) is 0 Å². The number of hydrogen-bond donors (Lipinski definition) is 1. The highest BCUT2D eigenvalue weighted by molar-refractivity contribution is 5.85. The summed E-state index contributed by atoms with van der Waals surface area (Å²) in [5.41, 5.74) is 2.48. The average molecular weight is 339 g/mol. The van der Waals surface area contributed by atoms with Gasteiger partial charge < -0.3 is 19.4 Å². The van der Waals surface area contributed by atoms with Crippen LogP contribution in [0.25, 0.3) is 11.2 Å². The Bertz CT molecular complexity index is 858. The molecule has 4 rings (SSSR count). The molecule has 3 aromatic rings. The summed E-state index contributed by atoms with van der Waals surface area (Å²) in [6.45, 7) is 4.30. The van der Waals surface area contributed by atoms with E-state index < -0.39 is 0 Å². The second-order valence-electron chi connectivity index (χ2n) is 6.02. The Morgan fingerprint density at radius 2 is 2.28 bits per heavy atom. The van der Waals surface area contributed by atoms with Gasteiger partial charge in [-0.05, 0) is 31.9 Å². The smallest absolute Gasteiger partial charge is 0.165 e. The molecule has 7 nitrogen and oxygen atoms in total. The molecule has 1 fully saturated rings. The SMILES string of the molecule is CCn1cnc2c(Nc3cccc(OCC4CCCO4)c3)ncnc21. The second kappa shape index (κ2) is 7.06. The Morgan fingerprint density at radius 1 is 1.32 bits per heavy atom. The molecule has 1 unspecified atom stereocenters. The van der Waals surface area contributed by atoms with Crippen molar-refractivity contribution < 1.29 is 9.47 Å². The monoisotopic (exact) mass is 339 g/mol. The van der Waals surface area contributed by atoms with Crippen LogP contribution < -0.4 is 10.1 Å². The van der Waals surface area contributed by atoms with E-state index in [0.29, 0.717) is 12.4 Å². The van der Waals surface area contributed by atoms with Crippen molar-refractivity contribution in [2.24, 2.45) is 0 Å². The van der Waals surface area contributed by atoms with Gasteiger partial charge in [-0.1, -0.05) is 6.07 Å². The first kappa shape index (κ1) is 15.8. The largest absolute Gasteiger partial charge is 0.491 e. The Balaban J connectivity index is 1.51. The van der Waals surface area contributed by atoms with Gasteiger partial charge in [0.1, 0.15) is 18.7 Å². The van der Waals surface area contributed by atoms with Gasteiger partial charge in [0.05, 0.1) is 12.4 Å². The maximum atomic E-state index is 5.86. The fourth-order valence-corrected chi connectivity index (χ4v) is 2.97. The first-order chi connectivity index (χ1) is 12.3. The van der Waals surface area contributed by atoms with Crippen LogP contribution in [0, 0.1) is 0 Å². The van der Waals surface area contributed by atoms with Crippen molar-refractivity contribution in [1.29, 1.82) is 0 Å². The molecule has 3 heterocycles. The minimum atomic E-state index is 0.205. The van der Waals surface area contributed by atoms with E-state index >= 15 is 0 Å². The van der Waals surface area contributed by atoms with E-state index in [4.69, 9.17) is 9.47 Å². The number of fused-ring (bicyclic) bond motifs is 1. The van der Waals surface area contributed by atoms with Crippen LogP contribution in [0.2, 0.25) is 0 Å². The number of nitrogens with one attached hydrogen (secondary N) is 1. The molecule has 0 saturated carbocycles. The molecular formula is C18H21N5O2. The number of aryl methyl sites for hydroxylation is 1. The predicted molar refractivity (Wildman–Crippen MR) is 95.2 cm³/mol. The summed E-state index contributed by atoms with van der Waals surface area (Å²) in [4.78, 5) is 13.1. The molecule has 2 aromatic heterocycles. The Morgan fingerprint density at radius 3 is 3.12 bits per heavy atom. The summed E-state index contributed by atoms with van der Waals surface area (Å²) in [6, 6.07) is 7.83. The molecule has 1 atom stereocenters. The maximum absolute atomic E-state index is 5.86. The topological polar surface area (TPSA) is 74.1 Å². The van der Waals surface area contributed by atoms with Gasteiger partial charge in [-0.15, -0.1) is 0 Å². The molecule has 0 amide bonds. The zero-order valence-electron chi connectivity index (χ0n) is 14.2. The number of imidazole rings is 1. The van der Waals surface area contributed by atoms with Gasteiger partial charge in [0.15, 0.2) is 17.0 Å². The average Bonchev–Trinajstić information content (AvgIpc) is 3.30. The highest BCUT2D eigenvalue weighted by Gasteiger charge is 2.16. The molecule has 1 aliphatic rings. The van der Waals surface area contributed by atoms with Crippen molar-refractivity contribution in [3.8, 4) is 5.75 Å². The minimum absolute atomic E-state index is 0.205. The van der Waals surface area contributed by atoms with Gasteiger partial charge in [-0.2, -0.15) is 0 Å². The fraction of sp³-hybridized carbons (Fsp3) is 0.389. The Kier molecular flexibility index (Phi) is 4.47. The summed E-state index contributed by atoms with van der Waals surface area (Å²) in [5.74, 6) is 1.50. The number of rotatable bonds is 6. The lowest BCUT2D eigenvalue weighted by Gasteiger charge is -2.13. The number of ether oxygens (including phenoxy) is 2. The van der Waals surface area contributed by atoms with Crippen molar-refractivity contribution >= 4 is 22.7 Å². The fourth-order valence-electron chi connectivity index (χ4n) is 2.97. The first-order valence-corrected chi connectivity index (χ1v) is 8.61. The van der Waals surface area contributed by atoms with Crippen LogP contribution in [-0.2, 0) is 11.3 Å². The molecule has 1 aliphatic heterocycles. The van der Waals surface area contributed by atoms with E-state index in [0.717, 1.165) is 48.6 Å². The molecule has 0 bridgehead atoms. The third-order valence-electron chi connectivity index (χ3n) is 4.30. The summed E-state index contributed by atoms with van der Waals surface area (Å²) < 4.78 is 13.4. The number of aromatic nitrogens is 4. The Hall–Kier alpha value is -2.67. The van der Waals surface area contributed by atoms with Crippen molar-refractivity contribution in [3.63, 3.8) is 0 Å². The van der Waals surface area contributed by atoms with E-state index in [9.17, 15) is 0 Å². The summed E-state index contributed by atoms with van der Waals surface area (Å²) in [7, 11) is 0. The van der Waals surface area contributed by atoms with Crippen LogP contribution >= 0.6 is 0 Å². The van der Waals surface area contributed by atoms with Gasteiger partial charge in [0, 0.05) is 24.9 Å². The van der Waals surface area contributed by atoms with Crippen molar-refractivity contribution in [1.82, 2.24) is 19.5 Å². The molecule has 1 aromatic carbocycles. The van der Waals surface area contributed by atoms with Crippen molar-refractivity contribution in [2.75, 3.05) is 18.5 Å². The second-order valence-corrected chi connectivity index (χ2v) is 6.02. The van der Waals surface area contributed by atoms with Crippen LogP contribution in [0.3, 0.4) is 0 Å². The molecule has 0 aliphatic carbocycles. The zero-order chi connectivity index (χ0) is 17.1. The predicted octanol–water partition coefficient (Wildman–Crippen LogP) is 3.15. The van der Waals surface area contributed by atoms with Crippen LogP contribution in [-0.4, -0.2) is 38.8 Å². The van der Waals surface area contributed by atoms with Gasteiger partial charge in [-0.25, -0.2) is 15.0 Å². The number of benzene rings is 1. The molecular weight excluding hydrogens is 318 g/mol. The summed E-state index contributed by atoms with van der Waals surface area (Å²) in [6.07, 6.45) is 5.72. The quantitative estimate of drug-likeness (QED) is 0.744. The van der Waals surface area contributed by atoms with Gasteiger partial charge in [-0.3, -0.25) is 0 Å². The Labute approximate surface area is 146 Å². The van der Waals surface area contributed by atoms with Crippen molar-refractivity contribution in [2.45, 2.75) is 32.4 Å². The van der Waals surface area contributed by atoms with Crippen LogP contribution in [0.15, 0.2) is 36.9 Å². The third kappa shape index (κ3) is 3.41. The zero-order valence-corrected chi connectivity index (χ0v) is 14.2. The molecule has 130 valence electrons.